The van der Waals surface area contributed by atoms with E-state index in [9.17, 15) is 19.5 Å². The number of anilines is 3. The van der Waals surface area contributed by atoms with Crippen molar-refractivity contribution in [1.29, 1.82) is 0 Å². The quantitative estimate of drug-likeness (QED) is 0.276. The predicted octanol–water partition coefficient (Wildman–Crippen LogP) is 4.88. The molecular formula is C33H36FN3O6Si. The second-order valence-corrected chi connectivity index (χ2v) is 16.0. The van der Waals surface area contributed by atoms with E-state index in [1.165, 1.54) is 0 Å². The van der Waals surface area contributed by atoms with Crippen molar-refractivity contribution >= 4 is 43.2 Å². The molecule has 11 heteroatoms. The Balaban J connectivity index is 1.36. The highest BCUT2D eigenvalue weighted by Gasteiger charge is 2.65. The summed E-state index contributed by atoms with van der Waals surface area (Å²) in [4.78, 5) is 43.7. The summed E-state index contributed by atoms with van der Waals surface area (Å²) in [5.41, 5.74) is 0.823. The van der Waals surface area contributed by atoms with Gasteiger partial charge in [0.05, 0.1) is 24.8 Å². The van der Waals surface area contributed by atoms with Crippen LogP contribution in [0.3, 0.4) is 0 Å². The highest BCUT2D eigenvalue weighted by molar-refractivity contribution is 6.72. The molecule has 9 nitrogen and oxygen atoms in total. The number of halogens is 1. The summed E-state index contributed by atoms with van der Waals surface area (Å²) >= 11 is 0. The summed E-state index contributed by atoms with van der Waals surface area (Å²) in [6.07, 6.45) is -1.01. The maximum absolute atomic E-state index is 16.2. The molecule has 0 radical (unpaired) electrons. The summed E-state index contributed by atoms with van der Waals surface area (Å²) < 4.78 is 28.4. The van der Waals surface area contributed by atoms with Crippen LogP contribution >= 0.6 is 0 Å². The molecule has 2 N–H and O–H groups in total. The minimum atomic E-state index is -3.50. The van der Waals surface area contributed by atoms with Crippen molar-refractivity contribution in [3.63, 3.8) is 0 Å². The van der Waals surface area contributed by atoms with E-state index in [1.54, 1.807) is 53.2 Å². The Bertz CT molecular complexity index is 1600. The van der Waals surface area contributed by atoms with Crippen LogP contribution in [0.2, 0.25) is 18.6 Å². The minimum absolute atomic E-state index is 0.115. The molecule has 0 bridgehead atoms. The van der Waals surface area contributed by atoms with Crippen LogP contribution in [0.1, 0.15) is 24.5 Å². The zero-order chi connectivity index (χ0) is 31.2. The number of carbonyl (C=O) groups is 3. The number of rotatable bonds is 8. The number of benzene rings is 3. The van der Waals surface area contributed by atoms with Crippen molar-refractivity contribution in [3.05, 3.63) is 83.9 Å². The van der Waals surface area contributed by atoms with Gasteiger partial charge >= 0.3 is 0 Å². The number of amides is 3. The summed E-state index contributed by atoms with van der Waals surface area (Å²) in [7, 11) is -3.50. The van der Waals surface area contributed by atoms with E-state index in [4.69, 9.17) is 9.47 Å². The Kier molecular flexibility index (Phi) is 7.81. The van der Waals surface area contributed by atoms with Gasteiger partial charge in [-0.2, -0.15) is 0 Å². The van der Waals surface area contributed by atoms with Gasteiger partial charge < -0.3 is 28.9 Å². The number of nitrogens with one attached hydrogen (secondary N) is 1. The lowest BCUT2D eigenvalue weighted by Crippen LogP contribution is -2.42. The van der Waals surface area contributed by atoms with E-state index < -0.39 is 37.5 Å². The Hall–Kier alpha value is -4.06. The van der Waals surface area contributed by atoms with Crippen LogP contribution in [0.25, 0.3) is 0 Å². The van der Waals surface area contributed by atoms with E-state index >= 15 is 4.11 Å². The molecule has 0 aromatic heterocycles. The topological polar surface area (TPSA) is 108 Å². The maximum atomic E-state index is 16.2. The van der Waals surface area contributed by atoms with Gasteiger partial charge in [-0.3, -0.25) is 19.3 Å². The van der Waals surface area contributed by atoms with Crippen molar-refractivity contribution in [2.75, 3.05) is 30.0 Å². The number of hydrogen-bond donors (Lipinski definition) is 2. The molecule has 3 amide bonds. The molecule has 6 rings (SSSR count). The monoisotopic (exact) mass is 617 g/mol. The lowest BCUT2D eigenvalue weighted by molar-refractivity contribution is -0.148. The van der Waals surface area contributed by atoms with Gasteiger partial charge in [0.15, 0.2) is 12.2 Å². The Labute approximate surface area is 256 Å². The van der Waals surface area contributed by atoms with Crippen LogP contribution in [-0.4, -0.2) is 62.0 Å². The zero-order valence-corrected chi connectivity index (χ0v) is 26.0. The SMILES string of the molecule is C[C@@H]1[C@@H]([Si](C)(C)F)[C@H](CC(=O)N(CCO)Cc2ccccc2)O[C@@]12C(=O)Nc1ccc(N3C(=O)COc4ccccc43)cc12. The molecule has 44 heavy (non-hydrogen) atoms. The van der Waals surface area contributed by atoms with Gasteiger partial charge in [-0.15, -0.1) is 0 Å². The predicted molar refractivity (Wildman–Crippen MR) is 166 cm³/mol. The van der Waals surface area contributed by atoms with Gasteiger partial charge in [0.25, 0.3) is 11.8 Å². The fraction of sp³-hybridized carbons (Fsp3) is 0.364. The Morgan fingerprint density at radius 2 is 1.84 bits per heavy atom. The molecule has 3 aromatic rings. The number of aliphatic hydroxyl groups is 1. The smallest absolute Gasteiger partial charge is 0.269 e. The molecule has 0 aliphatic carbocycles. The number of fused-ring (bicyclic) bond motifs is 3. The standard InChI is InChI=1S/C33H36FN3O6Si/c1-21-31(44(2,3)34)28(18-29(39)36(15-16-38)19-22-9-5-4-6-10-22)43-33(21)24-17-23(13-14-25(24)35-32(33)41)37-26-11-7-8-12-27(26)42-20-30(37)40/h4-14,17,21,28,31,38H,15-16,18-20H2,1-3H3,(H,35,41)/t21-,28+,31-,33+/m1/s1. The third kappa shape index (κ3) is 5.08. The van der Waals surface area contributed by atoms with Crippen molar-refractivity contribution in [2.24, 2.45) is 5.92 Å². The van der Waals surface area contributed by atoms with Crippen LogP contribution in [-0.2, 0) is 31.3 Å². The van der Waals surface area contributed by atoms with Gasteiger partial charge in [-0.05, 0) is 49.0 Å². The van der Waals surface area contributed by atoms with Gasteiger partial charge in [0.2, 0.25) is 14.3 Å². The molecule has 0 saturated carbocycles. The second kappa shape index (κ2) is 11.5. The number of aliphatic hydroxyl groups excluding tert-OH is 1. The van der Waals surface area contributed by atoms with Crippen molar-refractivity contribution in [3.8, 4) is 5.75 Å². The van der Waals surface area contributed by atoms with Gasteiger partial charge in [0.1, 0.15) is 5.75 Å². The third-order valence-corrected chi connectivity index (χ3v) is 11.4. The van der Waals surface area contributed by atoms with E-state index in [-0.39, 0.29) is 44.5 Å². The lowest BCUT2D eigenvalue weighted by Gasteiger charge is -2.32. The van der Waals surface area contributed by atoms with E-state index in [0.717, 1.165) is 5.56 Å². The number of hydrogen-bond acceptors (Lipinski definition) is 6. The lowest BCUT2D eigenvalue weighted by atomic mass is 9.82. The molecule has 1 fully saturated rings. The second-order valence-electron chi connectivity index (χ2n) is 12.2. The number of carbonyl (C=O) groups excluding carboxylic acids is 3. The van der Waals surface area contributed by atoms with Crippen molar-refractivity contribution in [1.82, 2.24) is 4.90 Å². The van der Waals surface area contributed by atoms with Gasteiger partial charge in [-0.25, -0.2) is 0 Å². The summed E-state index contributed by atoms with van der Waals surface area (Å²) in [5.74, 6) is -1.01. The Morgan fingerprint density at radius 3 is 2.57 bits per heavy atom. The fourth-order valence-electron chi connectivity index (χ4n) is 7.10. The summed E-state index contributed by atoms with van der Waals surface area (Å²) in [5, 5.41) is 12.6. The molecule has 3 heterocycles. The molecule has 1 spiro atoms. The molecule has 4 atom stereocenters. The van der Waals surface area contributed by atoms with E-state index in [1.807, 2.05) is 49.4 Å². The average molecular weight is 618 g/mol. The van der Waals surface area contributed by atoms with Gasteiger partial charge in [-0.1, -0.05) is 49.4 Å². The van der Waals surface area contributed by atoms with Crippen molar-refractivity contribution < 1.29 is 33.1 Å². The van der Waals surface area contributed by atoms with Crippen molar-refractivity contribution in [2.45, 2.75) is 50.2 Å². The molecule has 0 unspecified atom stereocenters. The first-order valence-electron chi connectivity index (χ1n) is 14.8. The molecule has 3 aromatic carbocycles. The van der Waals surface area contributed by atoms with Crippen LogP contribution in [0.4, 0.5) is 21.2 Å². The Morgan fingerprint density at radius 1 is 1.11 bits per heavy atom. The number of nitrogens with zero attached hydrogens (tertiary/aromatic N) is 2. The van der Waals surface area contributed by atoms with Crippen LogP contribution in [0.5, 0.6) is 5.75 Å². The summed E-state index contributed by atoms with van der Waals surface area (Å²) in [6.45, 7) is 5.02. The molecule has 230 valence electrons. The van der Waals surface area contributed by atoms with Crippen LogP contribution in [0, 0.1) is 5.92 Å². The number of para-hydroxylation sites is 2. The van der Waals surface area contributed by atoms with Gasteiger partial charge in [0, 0.05) is 41.5 Å². The molecule has 3 aliphatic rings. The highest BCUT2D eigenvalue weighted by atomic mass is 28.4. The first kappa shape index (κ1) is 30.0. The highest BCUT2D eigenvalue weighted by Crippen LogP contribution is 2.59. The average Bonchev–Trinajstić information content (AvgIpc) is 3.45. The zero-order valence-electron chi connectivity index (χ0n) is 25.0. The van der Waals surface area contributed by atoms with E-state index in [0.29, 0.717) is 28.4 Å². The molecule has 1 saturated heterocycles. The first-order valence-corrected chi connectivity index (χ1v) is 17.8. The van der Waals surface area contributed by atoms with Crippen LogP contribution < -0.4 is 15.0 Å². The maximum Gasteiger partial charge on any atom is 0.269 e. The largest absolute Gasteiger partial charge is 0.482 e. The number of ether oxygens (including phenoxy) is 2. The fourth-order valence-corrected chi connectivity index (χ4v) is 9.59. The molecule has 3 aliphatic heterocycles. The normalized spacial score (nSPS) is 24.1. The summed E-state index contributed by atoms with van der Waals surface area (Å²) in [6, 6.07) is 21.9. The first-order chi connectivity index (χ1) is 21.0. The molecular weight excluding hydrogens is 581 g/mol. The third-order valence-electron chi connectivity index (χ3n) is 8.98. The van der Waals surface area contributed by atoms with Crippen LogP contribution in [0.15, 0.2) is 72.8 Å². The minimum Gasteiger partial charge on any atom is -0.482 e. The van der Waals surface area contributed by atoms with E-state index in [2.05, 4.69) is 5.32 Å².